The molecule has 10 heteroatoms. The number of carbonyl (C=O) groups is 2. The number of quaternary nitrogens is 1. The number of imidazole rings is 1. The lowest BCUT2D eigenvalue weighted by Crippen LogP contribution is -2.77. The average Bonchev–Trinajstić information content (AvgIpc) is 3.05. The SMILES string of the molecule is C[NH2+]Cc1ccc(-c2nc3cccc4n3c2CNC4=O)cc1.O=C([O-])C(F)(F)F. The number of halogens is 3. The van der Waals surface area contributed by atoms with E-state index in [-0.39, 0.29) is 5.91 Å². The Balaban J connectivity index is 0.000000298. The van der Waals surface area contributed by atoms with Crippen LogP contribution < -0.4 is 15.7 Å². The highest BCUT2D eigenvalue weighted by atomic mass is 19.4. The lowest BCUT2D eigenvalue weighted by Gasteiger charge is -2.16. The molecule has 7 nitrogen and oxygen atoms in total. The number of aliphatic carboxylic acids is 1. The van der Waals surface area contributed by atoms with E-state index < -0.39 is 12.1 Å². The fourth-order valence-electron chi connectivity index (χ4n) is 3.01. The van der Waals surface area contributed by atoms with Crippen LogP contribution in [0.25, 0.3) is 16.9 Å². The van der Waals surface area contributed by atoms with E-state index in [0.29, 0.717) is 12.2 Å². The number of nitrogens with two attached hydrogens (primary N) is 1. The second-order valence-corrected chi connectivity index (χ2v) is 6.29. The van der Waals surface area contributed by atoms with Crippen molar-refractivity contribution in [2.45, 2.75) is 19.3 Å². The lowest BCUT2D eigenvalue weighted by atomic mass is 10.1. The lowest BCUT2D eigenvalue weighted by molar-refractivity contribution is -0.643. The molecule has 0 aliphatic carbocycles. The third kappa shape index (κ3) is 4.21. The van der Waals surface area contributed by atoms with E-state index in [9.17, 15) is 18.0 Å². The van der Waals surface area contributed by atoms with Gasteiger partial charge in [-0.2, -0.15) is 13.2 Å². The number of carboxylic acid groups (broad SMARTS) is 1. The van der Waals surface area contributed by atoms with Gasteiger partial charge in [0.05, 0.1) is 25.0 Å². The van der Waals surface area contributed by atoms with Gasteiger partial charge >= 0.3 is 6.18 Å². The molecule has 29 heavy (non-hydrogen) atoms. The van der Waals surface area contributed by atoms with Crippen molar-refractivity contribution in [2.24, 2.45) is 0 Å². The van der Waals surface area contributed by atoms with Crippen molar-refractivity contribution in [1.29, 1.82) is 0 Å². The van der Waals surface area contributed by atoms with Crippen molar-refractivity contribution >= 4 is 17.5 Å². The summed E-state index contributed by atoms with van der Waals surface area (Å²) < 4.78 is 33.5. The first-order valence-corrected chi connectivity index (χ1v) is 8.66. The number of hydrogen-bond donors (Lipinski definition) is 2. The van der Waals surface area contributed by atoms with E-state index >= 15 is 0 Å². The standard InChI is InChI=1S/C17H16N4O.C2HF3O2/c1-18-9-11-5-7-12(8-6-11)16-14-10-19-17(22)13-3-2-4-15(20-16)21(13)14;3-2(4,5)1(6)7/h2-8,18H,9-10H2,1H3,(H,19,22);(H,6,7). The van der Waals surface area contributed by atoms with E-state index in [0.717, 1.165) is 29.1 Å². The number of benzene rings is 1. The zero-order valence-corrected chi connectivity index (χ0v) is 15.3. The highest BCUT2D eigenvalue weighted by molar-refractivity contribution is 5.95. The van der Waals surface area contributed by atoms with Gasteiger partial charge in [-0.25, -0.2) is 4.98 Å². The number of nitrogens with zero attached hydrogens (tertiary/aromatic N) is 2. The zero-order valence-electron chi connectivity index (χ0n) is 15.3. The highest BCUT2D eigenvalue weighted by Gasteiger charge is 2.28. The van der Waals surface area contributed by atoms with Crippen LogP contribution in [0.5, 0.6) is 0 Å². The summed E-state index contributed by atoms with van der Waals surface area (Å²) in [6, 6.07) is 14.1. The summed E-state index contributed by atoms with van der Waals surface area (Å²) in [6.45, 7) is 1.48. The Morgan fingerprint density at radius 1 is 1.24 bits per heavy atom. The van der Waals surface area contributed by atoms with Crippen LogP contribution >= 0.6 is 0 Å². The van der Waals surface area contributed by atoms with Gasteiger partial charge in [0.25, 0.3) is 5.91 Å². The number of alkyl halides is 3. The van der Waals surface area contributed by atoms with E-state index in [4.69, 9.17) is 14.9 Å². The number of pyridine rings is 1. The second kappa shape index (κ2) is 7.92. The first-order chi connectivity index (χ1) is 13.7. The van der Waals surface area contributed by atoms with Gasteiger partial charge in [-0.05, 0) is 12.1 Å². The van der Waals surface area contributed by atoms with Crippen LogP contribution in [0.4, 0.5) is 13.2 Å². The summed E-state index contributed by atoms with van der Waals surface area (Å²) in [7, 11) is 2.06. The fraction of sp³-hybridized carbons (Fsp3) is 0.211. The van der Waals surface area contributed by atoms with Crippen LogP contribution in [0.2, 0.25) is 0 Å². The zero-order chi connectivity index (χ0) is 21.2. The number of rotatable bonds is 3. The van der Waals surface area contributed by atoms with Crippen LogP contribution in [-0.2, 0) is 17.9 Å². The molecule has 1 aliphatic rings. The number of hydrogen-bond acceptors (Lipinski definition) is 4. The van der Waals surface area contributed by atoms with Gasteiger partial charge in [0, 0.05) is 11.1 Å². The Kier molecular flexibility index (Phi) is 5.55. The first kappa shape index (κ1) is 20.3. The fourth-order valence-corrected chi connectivity index (χ4v) is 3.01. The smallest absolute Gasteiger partial charge is 0.430 e. The van der Waals surface area contributed by atoms with Crippen LogP contribution in [0.15, 0.2) is 42.5 Å². The molecule has 1 aromatic carbocycles. The summed E-state index contributed by atoms with van der Waals surface area (Å²) in [5, 5.41) is 13.9. The van der Waals surface area contributed by atoms with E-state index in [2.05, 4.69) is 41.9 Å². The molecular weight excluding hydrogens is 389 g/mol. The van der Waals surface area contributed by atoms with Crippen molar-refractivity contribution < 1.29 is 33.2 Å². The Morgan fingerprint density at radius 2 is 1.90 bits per heavy atom. The first-order valence-electron chi connectivity index (χ1n) is 8.66. The number of nitrogens with one attached hydrogen (secondary N) is 1. The second-order valence-electron chi connectivity index (χ2n) is 6.29. The van der Waals surface area contributed by atoms with Crippen LogP contribution in [0, 0.1) is 0 Å². The topological polar surface area (TPSA) is 103 Å². The average molecular weight is 406 g/mol. The quantitative estimate of drug-likeness (QED) is 0.650. The Labute approximate surface area is 163 Å². The molecule has 3 N–H and O–H groups in total. The Bertz CT molecular complexity index is 1060. The maximum Gasteiger partial charge on any atom is 0.430 e. The highest BCUT2D eigenvalue weighted by Crippen LogP contribution is 2.27. The van der Waals surface area contributed by atoms with Crippen LogP contribution in [0.1, 0.15) is 21.7 Å². The molecule has 0 atom stereocenters. The van der Waals surface area contributed by atoms with E-state index in [1.807, 2.05) is 22.6 Å². The molecule has 3 aromatic rings. The summed E-state index contributed by atoms with van der Waals surface area (Å²) in [4.78, 5) is 25.5. The van der Waals surface area contributed by atoms with Gasteiger partial charge in [-0.3, -0.25) is 9.20 Å². The predicted molar refractivity (Wildman–Crippen MR) is 94.4 cm³/mol. The van der Waals surface area contributed by atoms with Crippen LogP contribution in [-0.4, -0.2) is 34.5 Å². The molecule has 4 rings (SSSR count). The van der Waals surface area contributed by atoms with Gasteiger partial charge in [-0.15, -0.1) is 0 Å². The van der Waals surface area contributed by atoms with Crippen molar-refractivity contribution in [3.8, 4) is 11.3 Å². The minimum Gasteiger partial charge on any atom is -0.542 e. The molecule has 3 heterocycles. The molecule has 1 aliphatic heterocycles. The van der Waals surface area contributed by atoms with Crippen molar-refractivity contribution in [2.75, 3.05) is 7.05 Å². The normalized spacial score (nSPS) is 12.9. The van der Waals surface area contributed by atoms with Crippen molar-refractivity contribution in [3.63, 3.8) is 0 Å². The maximum absolute atomic E-state index is 12.0. The molecule has 0 fully saturated rings. The number of carbonyl (C=O) groups excluding carboxylic acids is 2. The van der Waals surface area contributed by atoms with E-state index in [1.54, 1.807) is 0 Å². The monoisotopic (exact) mass is 406 g/mol. The minimum absolute atomic E-state index is 0.0455. The molecule has 2 aromatic heterocycles. The summed E-state index contributed by atoms with van der Waals surface area (Å²) in [5.74, 6) is -3.05. The molecule has 0 unspecified atom stereocenters. The molecule has 1 amide bonds. The molecular formula is C19H17F3N4O3. The molecule has 0 saturated heterocycles. The van der Waals surface area contributed by atoms with E-state index in [1.165, 1.54) is 5.56 Å². The molecule has 0 saturated carbocycles. The predicted octanol–water partition coefficient (Wildman–Crippen LogP) is 0.236. The molecule has 0 spiro atoms. The van der Waals surface area contributed by atoms with Gasteiger partial charge in [0.15, 0.2) is 0 Å². The summed E-state index contributed by atoms with van der Waals surface area (Å²) in [5.41, 5.74) is 5.83. The largest absolute Gasteiger partial charge is 0.542 e. The number of amides is 1. The van der Waals surface area contributed by atoms with Gasteiger partial charge < -0.3 is 20.5 Å². The molecule has 0 radical (unpaired) electrons. The van der Waals surface area contributed by atoms with Crippen molar-refractivity contribution in [1.82, 2.24) is 14.7 Å². The summed E-state index contributed by atoms with van der Waals surface area (Å²) in [6.07, 6.45) is -5.19. The third-order valence-electron chi connectivity index (χ3n) is 4.29. The van der Waals surface area contributed by atoms with Crippen LogP contribution in [0.3, 0.4) is 0 Å². The van der Waals surface area contributed by atoms with Gasteiger partial charge in [0.1, 0.15) is 23.9 Å². The number of carboxylic acids is 1. The summed E-state index contributed by atoms with van der Waals surface area (Å²) >= 11 is 0. The molecule has 152 valence electrons. The maximum atomic E-state index is 12.0. The van der Waals surface area contributed by atoms with Gasteiger partial charge in [-0.1, -0.05) is 30.3 Å². The van der Waals surface area contributed by atoms with Crippen molar-refractivity contribution in [3.05, 3.63) is 59.4 Å². The third-order valence-corrected chi connectivity index (χ3v) is 4.29. The Morgan fingerprint density at radius 3 is 2.48 bits per heavy atom. The molecule has 0 bridgehead atoms. The van der Waals surface area contributed by atoms with Gasteiger partial charge in [0.2, 0.25) is 0 Å². The Hall–Kier alpha value is -3.40. The number of aromatic nitrogens is 2. The minimum atomic E-state index is -5.19.